The predicted molar refractivity (Wildman–Crippen MR) is 78.8 cm³/mol. The van der Waals surface area contributed by atoms with Gasteiger partial charge in [0.2, 0.25) is 7.37 Å². The van der Waals surface area contributed by atoms with Gasteiger partial charge < -0.3 is 15.7 Å². The molecule has 0 heterocycles. The van der Waals surface area contributed by atoms with Gasteiger partial charge in [-0.1, -0.05) is 36.4 Å². The van der Waals surface area contributed by atoms with Crippen LogP contribution in [0.2, 0.25) is 0 Å². The number of aliphatic carboxylic acids is 1. The molecule has 0 saturated heterocycles. The highest BCUT2D eigenvalue weighted by molar-refractivity contribution is 7.59. The first kappa shape index (κ1) is 16.6. The van der Waals surface area contributed by atoms with Gasteiger partial charge in [-0.05, 0) is 25.3 Å². The second kappa shape index (κ2) is 7.39. The topological polar surface area (TPSA) is 101 Å². The van der Waals surface area contributed by atoms with Crippen molar-refractivity contribution in [3.05, 3.63) is 47.5 Å². The lowest BCUT2D eigenvalue weighted by molar-refractivity contribution is -0.132. The molecule has 20 heavy (non-hydrogen) atoms. The average Bonchev–Trinajstić information content (AvgIpc) is 2.38. The van der Waals surface area contributed by atoms with Gasteiger partial charge in [-0.25, -0.2) is 4.79 Å². The molecular weight excluding hydrogens is 277 g/mol. The van der Waals surface area contributed by atoms with E-state index in [0.29, 0.717) is 12.8 Å². The Labute approximate surface area is 118 Å². The quantitative estimate of drug-likeness (QED) is 0.529. The monoisotopic (exact) mass is 297 g/mol. The molecule has 0 bridgehead atoms. The van der Waals surface area contributed by atoms with E-state index in [1.165, 1.54) is 13.0 Å². The molecule has 5 nitrogen and oxygen atoms in total. The summed E-state index contributed by atoms with van der Waals surface area (Å²) in [5.41, 5.74) is 6.44. The molecule has 0 aromatic heterocycles. The predicted octanol–water partition coefficient (Wildman–Crippen LogP) is 2.21. The van der Waals surface area contributed by atoms with Gasteiger partial charge in [-0.15, -0.1) is 0 Å². The standard InChI is InChI=1S/C14H20NO4P/c1-11(15)20(18,19)10-13(14(16)17)9-5-8-12-6-3-2-4-7-12/h2-4,6-7,9,11H,5,8,10,15H2,1H3,(H,16,17)(H,18,19). The van der Waals surface area contributed by atoms with E-state index in [9.17, 15) is 14.3 Å². The number of carboxylic acid groups (broad SMARTS) is 1. The van der Waals surface area contributed by atoms with Crippen molar-refractivity contribution >= 4 is 13.3 Å². The van der Waals surface area contributed by atoms with E-state index in [-0.39, 0.29) is 5.57 Å². The third-order valence-corrected chi connectivity index (χ3v) is 5.04. The molecule has 0 spiro atoms. The summed E-state index contributed by atoms with van der Waals surface area (Å²) in [5, 5.41) is 9.07. The fourth-order valence-electron chi connectivity index (χ4n) is 1.67. The zero-order valence-corrected chi connectivity index (χ0v) is 12.3. The largest absolute Gasteiger partial charge is 0.478 e. The summed E-state index contributed by atoms with van der Waals surface area (Å²) >= 11 is 0. The van der Waals surface area contributed by atoms with Gasteiger partial charge in [0.15, 0.2) is 0 Å². The SMILES string of the molecule is CC(N)P(=O)(O)CC(=CCCc1ccccc1)C(=O)O. The molecule has 0 radical (unpaired) electrons. The number of carbonyl (C=O) groups is 1. The maximum absolute atomic E-state index is 11.8. The molecular formula is C14H20NO4P. The van der Waals surface area contributed by atoms with E-state index in [4.69, 9.17) is 10.8 Å². The Morgan fingerprint density at radius 3 is 2.50 bits per heavy atom. The molecule has 0 aliphatic carbocycles. The molecule has 1 rings (SSSR count). The summed E-state index contributed by atoms with van der Waals surface area (Å²) < 4.78 is 11.8. The maximum atomic E-state index is 11.8. The molecule has 0 amide bonds. The molecule has 4 N–H and O–H groups in total. The molecule has 1 aromatic rings. The van der Waals surface area contributed by atoms with Crippen molar-refractivity contribution in [2.75, 3.05) is 6.16 Å². The number of allylic oxidation sites excluding steroid dienone is 1. The van der Waals surface area contributed by atoms with Crippen LogP contribution in [-0.4, -0.2) is 27.9 Å². The van der Waals surface area contributed by atoms with Crippen LogP contribution in [0.4, 0.5) is 0 Å². The normalized spacial score (nSPS) is 16.4. The van der Waals surface area contributed by atoms with Crippen molar-refractivity contribution in [1.82, 2.24) is 0 Å². The smallest absolute Gasteiger partial charge is 0.331 e. The number of hydrogen-bond acceptors (Lipinski definition) is 3. The van der Waals surface area contributed by atoms with Gasteiger partial charge in [0.1, 0.15) is 0 Å². The van der Waals surface area contributed by atoms with Crippen LogP contribution >= 0.6 is 7.37 Å². The lowest BCUT2D eigenvalue weighted by Crippen LogP contribution is -2.19. The Kier molecular flexibility index (Phi) is 6.14. The van der Waals surface area contributed by atoms with E-state index in [2.05, 4.69) is 0 Å². The molecule has 0 fully saturated rings. The maximum Gasteiger partial charge on any atom is 0.331 e. The number of hydrogen-bond donors (Lipinski definition) is 3. The van der Waals surface area contributed by atoms with Crippen molar-refractivity contribution in [3.63, 3.8) is 0 Å². The Hall–Kier alpha value is -1.42. The van der Waals surface area contributed by atoms with E-state index in [0.717, 1.165) is 5.56 Å². The number of rotatable bonds is 7. The lowest BCUT2D eigenvalue weighted by atomic mass is 10.1. The number of carboxylic acids is 1. The summed E-state index contributed by atoms with van der Waals surface area (Å²) in [6, 6.07) is 9.64. The zero-order chi connectivity index (χ0) is 15.2. The van der Waals surface area contributed by atoms with Crippen LogP contribution in [0, 0.1) is 0 Å². The lowest BCUT2D eigenvalue weighted by Gasteiger charge is -2.15. The van der Waals surface area contributed by atoms with Crippen molar-refractivity contribution in [3.8, 4) is 0 Å². The van der Waals surface area contributed by atoms with Crippen molar-refractivity contribution < 1.29 is 19.4 Å². The Morgan fingerprint density at radius 1 is 1.40 bits per heavy atom. The van der Waals surface area contributed by atoms with Crippen molar-refractivity contribution in [1.29, 1.82) is 0 Å². The minimum atomic E-state index is -3.66. The van der Waals surface area contributed by atoms with Crippen LogP contribution in [0.15, 0.2) is 42.0 Å². The summed E-state index contributed by atoms with van der Waals surface area (Å²) in [6.45, 7) is 1.41. The minimum absolute atomic E-state index is 0.0518. The van der Waals surface area contributed by atoms with Crippen LogP contribution in [-0.2, 0) is 15.8 Å². The van der Waals surface area contributed by atoms with Gasteiger partial charge in [0.25, 0.3) is 0 Å². The van der Waals surface area contributed by atoms with Crippen molar-refractivity contribution in [2.24, 2.45) is 5.73 Å². The summed E-state index contributed by atoms with van der Waals surface area (Å²) in [4.78, 5) is 20.8. The molecule has 2 atom stereocenters. The van der Waals surface area contributed by atoms with Crippen LogP contribution in [0.3, 0.4) is 0 Å². The highest BCUT2D eigenvalue weighted by Crippen LogP contribution is 2.45. The third kappa shape index (κ3) is 5.29. The van der Waals surface area contributed by atoms with Crippen LogP contribution in [0.25, 0.3) is 0 Å². The number of nitrogens with two attached hydrogens (primary N) is 1. The number of aryl methyl sites for hydroxylation is 1. The first-order valence-corrected chi connectivity index (χ1v) is 8.27. The molecule has 2 unspecified atom stereocenters. The van der Waals surface area contributed by atoms with Crippen molar-refractivity contribution in [2.45, 2.75) is 25.5 Å². The summed E-state index contributed by atoms with van der Waals surface area (Å²) in [6.07, 6.45) is 2.30. The Bertz CT molecular complexity index is 525. The second-order valence-corrected chi connectivity index (χ2v) is 7.36. The Morgan fingerprint density at radius 2 is 2.00 bits per heavy atom. The van der Waals surface area contributed by atoms with Crippen LogP contribution in [0.1, 0.15) is 18.9 Å². The fourth-order valence-corrected chi connectivity index (χ4v) is 2.71. The summed E-state index contributed by atoms with van der Waals surface area (Å²) in [5.74, 6) is -2.10. The molecule has 0 aliphatic rings. The van der Waals surface area contributed by atoms with Gasteiger partial charge >= 0.3 is 5.97 Å². The molecule has 0 aliphatic heterocycles. The molecule has 110 valence electrons. The first-order chi connectivity index (χ1) is 9.33. The number of benzene rings is 1. The molecule has 1 aromatic carbocycles. The third-order valence-electron chi connectivity index (χ3n) is 2.97. The second-order valence-electron chi connectivity index (χ2n) is 4.71. The Balaban J connectivity index is 2.69. The van der Waals surface area contributed by atoms with E-state index in [1.54, 1.807) is 0 Å². The molecule has 0 saturated carbocycles. The molecule has 6 heteroatoms. The van der Waals surface area contributed by atoms with Gasteiger partial charge in [-0.3, -0.25) is 4.57 Å². The highest BCUT2D eigenvalue weighted by Gasteiger charge is 2.27. The summed E-state index contributed by atoms with van der Waals surface area (Å²) in [7, 11) is -3.66. The van der Waals surface area contributed by atoms with Gasteiger partial charge in [0.05, 0.1) is 11.9 Å². The minimum Gasteiger partial charge on any atom is -0.478 e. The highest BCUT2D eigenvalue weighted by atomic mass is 31.2. The average molecular weight is 297 g/mol. The first-order valence-electron chi connectivity index (χ1n) is 6.36. The van der Waals surface area contributed by atoms with E-state index in [1.807, 2.05) is 30.3 Å². The zero-order valence-electron chi connectivity index (χ0n) is 11.4. The van der Waals surface area contributed by atoms with Crippen LogP contribution < -0.4 is 5.73 Å². The fraction of sp³-hybridized carbons (Fsp3) is 0.357. The van der Waals surface area contributed by atoms with E-state index < -0.39 is 25.3 Å². The van der Waals surface area contributed by atoms with Gasteiger partial charge in [-0.2, -0.15) is 0 Å². The van der Waals surface area contributed by atoms with Gasteiger partial charge in [0, 0.05) is 5.57 Å². The van der Waals surface area contributed by atoms with E-state index >= 15 is 0 Å². The van der Waals surface area contributed by atoms with Crippen LogP contribution in [0.5, 0.6) is 0 Å².